The highest BCUT2D eigenvalue weighted by Gasteiger charge is 2.06. The fourth-order valence-electron chi connectivity index (χ4n) is 1.85. The molecule has 0 saturated heterocycles. The summed E-state index contributed by atoms with van der Waals surface area (Å²) >= 11 is 0. The van der Waals surface area contributed by atoms with Gasteiger partial charge in [-0.3, -0.25) is 0 Å². The van der Waals surface area contributed by atoms with Crippen LogP contribution in [0.2, 0.25) is 0 Å². The van der Waals surface area contributed by atoms with Crippen molar-refractivity contribution < 1.29 is 9.53 Å². The molecule has 0 aliphatic carbocycles. The first kappa shape index (κ1) is 14.1. The number of esters is 1. The Morgan fingerprint density at radius 2 is 2.15 bits per heavy atom. The van der Waals surface area contributed by atoms with E-state index in [2.05, 4.69) is 35.4 Å². The first-order valence-corrected chi connectivity index (χ1v) is 6.61. The highest BCUT2D eigenvalue weighted by atomic mass is 16.5. The van der Waals surface area contributed by atoms with Crippen LogP contribution in [0.3, 0.4) is 0 Å². The Balaban J connectivity index is 1.95. The monoisotopic (exact) mass is 270 g/mol. The highest BCUT2D eigenvalue weighted by Crippen LogP contribution is 2.09. The summed E-state index contributed by atoms with van der Waals surface area (Å²) in [5.41, 5.74) is 2.89. The SMILES string of the molecule is CCOC(=O)c1ccc(NCc2cccc(C)c2)nc1. The Morgan fingerprint density at radius 1 is 1.30 bits per heavy atom. The van der Waals surface area contributed by atoms with Gasteiger partial charge in [0.05, 0.1) is 12.2 Å². The van der Waals surface area contributed by atoms with E-state index in [4.69, 9.17) is 4.74 Å². The van der Waals surface area contributed by atoms with Gasteiger partial charge in [0.25, 0.3) is 0 Å². The number of hydrogen-bond donors (Lipinski definition) is 1. The molecule has 0 fully saturated rings. The van der Waals surface area contributed by atoms with Crippen LogP contribution in [-0.4, -0.2) is 17.6 Å². The standard InChI is InChI=1S/C16H18N2O2/c1-3-20-16(19)14-7-8-15(18-11-14)17-10-13-6-4-5-12(2)9-13/h4-9,11H,3,10H2,1-2H3,(H,17,18). The van der Waals surface area contributed by atoms with Gasteiger partial charge in [-0.15, -0.1) is 0 Å². The molecular formula is C16H18N2O2. The number of anilines is 1. The van der Waals surface area contributed by atoms with Gasteiger partial charge in [-0.05, 0) is 31.5 Å². The van der Waals surface area contributed by atoms with E-state index in [0.29, 0.717) is 18.7 Å². The maximum atomic E-state index is 11.5. The van der Waals surface area contributed by atoms with Gasteiger partial charge < -0.3 is 10.1 Å². The zero-order chi connectivity index (χ0) is 14.4. The van der Waals surface area contributed by atoms with Crippen molar-refractivity contribution in [1.29, 1.82) is 0 Å². The summed E-state index contributed by atoms with van der Waals surface area (Å²) in [4.78, 5) is 15.7. The summed E-state index contributed by atoms with van der Waals surface area (Å²) in [5.74, 6) is 0.393. The number of nitrogens with one attached hydrogen (secondary N) is 1. The normalized spacial score (nSPS) is 10.1. The van der Waals surface area contributed by atoms with Crippen LogP contribution in [0.5, 0.6) is 0 Å². The summed E-state index contributed by atoms with van der Waals surface area (Å²) < 4.78 is 4.91. The fraction of sp³-hybridized carbons (Fsp3) is 0.250. The van der Waals surface area contributed by atoms with Gasteiger partial charge in [-0.1, -0.05) is 29.8 Å². The Labute approximate surface area is 118 Å². The molecule has 0 aliphatic heterocycles. The first-order valence-electron chi connectivity index (χ1n) is 6.61. The molecule has 0 bridgehead atoms. The quantitative estimate of drug-likeness (QED) is 0.848. The van der Waals surface area contributed by atoms with Crippen molar-refractivity contribution in [3.8, 4) is 0 Å². The van der Waals surface area contributed by atoms with E-state index < -0.39 is 0 Å². The smallest absolute Gasteiger partial charge is 0.339 e. The second-order valence-corrected chi connectivity index (χ2v) is 4.50. The summed E-state index contributed by atoms with van der Waals surface area (Å²) in [6, 6.07) is 11.8. The molecule has 1 aromatic carbocycles. The lowest BCUT2D eigenvalue weighted by Gasteiger charge is -2.07. The molecule has 104 valence electrons. The minimum atomic E-state index is -0.342. The number of carbonyl (C=O) groups is 1. The molecule has 0 atom stereocenters. The van der Waals surface area contributed by atoms with Crippen LogP contribution in [0.1, 0.15) is 28.4 Å². The molecule has 0 amide bonds. The summed E-state index contributed by atoms with van der Waals surface area (Å²) in [7, 11) is 0. The number of aromatic nitrogens is 1. The maximum absolute atomic E-state index is 11.5. The van der Waals surface area contributed by atoms with Crippen LogP contribution in [0.25, 0.3) is 0 Å². The maximum Gasteiger partial charge on any atom is 0.339 e. The Hall–Kier alpha value is -2.36. The van der Waals surface area contributed by atoms with Crippen LogP contribution >= 0.6 is 0 Å². The van der Waals surface area contributed by atoms with Crippen molar-refractivity contribution in [2.24, 2.45) is 0 Å². The molecule has 0 spiro atoms. The van der Waals surface area contributed by atoms with Gasteiger partial charge in [0, 0.05) is 12.7 Å². The number of rotatable bonds is 5. The number of nitrogens with zero attached hydrogens (tertiary/aromatic N) is 1. The number of benzene rings is 1. The third-order valence-electron chi connectivity index (χ3n) is 2.83. The Kier molecular flexibility index (Phi) is 4.71. The van der Waals surface area contributed by atoms with Crippen molar-refractivity contribution in [3.05, 3.63) is 59.3 Å². The van der Waals surface area contributed by atoms with Crippen molar-refractivity contribution in [3.63, 3.8) is 0 Å². The fourth-order valence-corrected chi connectivity index (χ4v) is 1.85. The zero-order valence-electron chi connectivity index (χ0n) is 11.7. The van der Waals surface area contributed by atoms with E-state index in [1.54, 1.807) is 19.1 Å². The second-order valence-electron chi connectivity index (χ2n) is 4.50. The van der Waals surface area contributed by atoms with E-state index in [-0.39, 0.29) is 5.97 Å². The van der Waals surface area contributed by atoms with Crippen LogP contribution in [0, 0.1) is 6.92 Å². The number of pyridine rings is 1. The summed E-state index contributed by atoms with van der Waals surface area (Å²) in [6.45, 7) is 4.92. The lowest BCUT2D eigenvalue weighted by Crippen LogP contribution is -2.06. The second kappa shape index (κ2) is 6.70. The van der Waals surface area contributed by atoms with Gasteiger partial charge in [0.2, 0.25) is 0 Å². The highest BCUT2D eigenvalue weighted by molar-refractivity contribution is 5.89. The molecule has 2 rings (SSSR count). The van der Waals surface area contributed by atoms with Gasteiger partial charge >= 0.3 is 5.97 Å². The summed E-state index contributed by atoms with van der Waals surface area (Å²) in [6.07, 6.45) is 1.52. The third kappa shape index (κ3) is 3.82. The van der Waals surface area contributed by atoms with Gasteiger partial charge in [0.15, 0.2) is 0 Å². The molecule has 0 radical (unpaired) electrons. The van der Waals surface area contributed by atoms with Crippen molar-refractivity contribution in [2.45, 2.75) is 20.4 Å². The number of aryl methyl sites for hydroxylation is 1. The molecular weight excluding hydrogens is 252 g/mol. The molecule has 1 aromatic heterocycles. The predicted octanol–water partition coefficient (Wildman–Crippen LogP) is 3.18. The molecule has 0 saturated carbocycles. The third-order valence-corrected chi connectivity index (χ3v) is 2.83. The van der Waals surface area contributed by atoms with E-state index in [0.717, 1.165) is 5.82 Å². The van der Waals surface area contributed by atoms with Crippen LogP contribution in [0.15, 0.2) is 42.6 Å². The van der Waals surface area contributed by atoms with Gasteiger partial charge in [0.1, 0.15) is 5.82 Å². The van der Waals surface area contributed by atoms with Gasteiger partial charge in [-0.25, -0.2) is 9.78 Å². The van der Waals surface area contributed by atoms with Crippen LogP contribution in [0.4, 0.5) is 5.82 Å². The number of carbonyl (C=O) groups excluding carboxylic acids is 1. The molecule has 4 nitrogen and oxygen atoms in total. The predicted molar refractivity (Wildman–Crippen MR) is 78.7 cm³/mol. The van der Waals surface area contributed by atoms with E-state index in [9.17, 15) is 4.79 Å². The van der Waals surface area contributed by atoms with Crippen molar-refractivity contribution >= 4 is 11.8 Å². The van der Waals surface area contributed by atoms with Crippen molar-refractivity contribution in [1.82, 2.24) is 4.98 Å². The molecule has 1 N–H and O–H groups in total. The average molecular weight is 270 g/mol. The lowest BCUT2D eigenvalue weighted by molar-refractivity contribution is 0.0526. The molecule has 0 aliphatic rings. The minimum Gasteiger partial charge on any atom is -0.462 e. The van der Waals surface area contributed by atoms with E-state index in [1.165, 1.54) is 17.3 Å². The number of hydrogen-bond acceptors (Lipinski definition) is 4. The minimum absolute atomic E-state index is 0.342. The van der Waals surface area contributed by atoms with Gasteiger partial charge in [-0.2, -0.15) is 0 Å². The molecule has 1 heterocycles. The van der Waals surface area contributed by atoms with Crippen molar-refractivity contribution in [2.75, 3.05) is 11.9 Å². The topological polar surface area (TPSA) is 51.2 Å². The average Bonchev–Trinajstić information content (AvgIpc) is 2.46. The molecule has 0 unspecified atom stereocenters. The van der Waals surface area contributed by atoms with Crippen LogP contribution < -0.4 is 5.32 Å². The van der Waals surface area contributed by atoms with E-state index in [1.807, 2.05) is 6.07 Å². The van der Waals surface area contributed by atoms with E-state index >= 15 is 0 Å². The zero-order valence-corrected chi connectivity index (χ0v) is 11.7. The molecule has 4 heteroatoms. The Morgan fingerprint density at radius 3 is 2.80 bits per heavy atom. The first-order chi connectivity index (χ1) is 9.69. The lowest BCUT2D eigenvalue weighted by atomic mass is 10.1. The summed E-state index contributed by atoms with van der Waals surface area (Å²) in [5, 5.41) is 3.22. The van der Waals surface area contributed by atoms with Crippen LogP contribution in [-0.2, 0) is 11.3 Å². The molecule has 2 aromatic rings. The molecule has 20 heavy (non-hydrogen) atoms. The largest absolute Gasteiger partial charge is 0.462 e. The Bertz CT molecular complexity index is 579. The number of ether oxygens (including phenoxy) is 1.